The maximum absolute atomic E-state index is 6.22. The van der Waals surface area contributed by atoms with Crippen molar-refractivity contribution in [3.8, 4) is 0 Å². The average Bonchev–Trinajstić information content (AvgIpc) is 2.40. The van der Waals surface area contributed by atoms with E-state index in [1.54, 1.807) is 0 Å². The molecule has 0 spiro atoms. The Morgan fingerprint density at radius 1 is 0.800 bits per heavy atom. The third-order valence-electron chi connectivity index (χ3n) is 3.41. The molecule has 0 aliphatic carbocycles. The van der Waals surface area contributed by atoms with Crippen LogP contribution in [0.4, 0.5) is 0 Å². The van der Waals surface area contributed by atoms with Gasteiger partial charge in [-0.2, -0.15) is 0 Å². The molecule has 0 bridgehead atoms. The van der Waals surface area contributed by atoms with Gasteiger partial charge in [0.05, 0.1) is 0 Å². The van der Waals surface area contributed by atoms with E-state index in [1.165, 1.54) is 5.19 Å². The zero-order valence-electron chi connectivity index (χ0n) is 13.4. The van der Waals surface area contributed by atoms with Crippen LogP contribution in [0.3, 0.4) is 0 Å². The van der Waals surface area contributed by atoms with E-state index < -0.39 is 16.9 Å². The van der Waals surface area contributed by atoms with Crippen LogP contribution in [0, 0.1) is 0 Å². The molecular formula is C15H28O3Si2. The van der Waals surface area contributed by atoms with Crippen LogP contribution >= 0.6 is 0 Å². The van der Waals surface area contributed by atoms with Gasteiger partial charge in [0.1, 0.15) is 0 Å². The summed E-state index contributed by atoms with van der Waals surface area (Å²) >= 11 is 0. The van der Waals surface area contributed by atoms with Crippen molar-refractivity contribution in [3.63, 3.8) is 0 Å². The van der Waals surface area contributed by atoms with E-state index in [1.807, 2.05) is 19.9 Å². The zero-order chi connectivity index (χ0) is 15.1. The Kier molecular flexibility index (Phi) is 7.12. The number of hydrogen-bond acceptors (Lipinski definition) is 3. The largest absolute Gasteiger partial charge is 0.413 e. The fourth-order valence-electron chi connectivity index (χ4n) is 2.71. The van der Waals surface area contributed by atoms with Gasteiger partial charge in [-0.15, -0.1) is 0 Å². The summed E-state index contributed by atoms with van der Waals surface area (Å²) in [5.74, 6) is 0. The lowest BCUT2D eigenvalue weighted by molar-refractivity contribution is 0.191. The van der Waals surface area contributed by atoms with Gasteiger partial charge in [0.2, 0.25) is 8.32 Å². The van der Waals surface area contributed by atoms with Crippen LogP contribution < -0.4 is 5.19 Å². The van der Waals surface area contributed by atoms with Crippen LogP contribution in [0.15, 0.2) is 30.3 Å². The van der Waals surface area contributed by atoms with Crippen LogP contribution in [-0.4, -0.2) is 36.7 Å². The van der Waals surface area contributed by atoms with Gasteiger partial charge in [0.25, 0.3) is 0 Å². The molecule has 0 aliphatic rings. The molecule has 114 valence electrons. The van der Waals surface area contributed by atoms with Crippen molar-refractivity contribution in [2.75, 3.05) is 19.8 Å². The van der Waals surface area contributed by atoms with Crippen LogP contribution in [0.2, 0.25) is 18.8 Å². The smallest absolute Gasteiger partial charge is 0.334 e. The lowest BCUT2D eigenvalue weighted by atomic mass is 10.4. The van der Waals surface area contributed by atoms with Crippen LogP contribution in [0.1, 0.15) is 20.8 Å². The Bertz CT molecular complexity index is 380. The summed E-state index contributed by atoms with van der Waals surface area (Å²) in [7, 11) is -4.19. The first-order chi connectivity index (χ1) is 9.49. The van der Waals surface area contributed by atoms with Gasteiger partial charge in [-0.05, 0) is 39.1 Å². The highest BCUT2D eigenvalue weighted by molar-refractivity contribution is 6.95. The summed E-state index contributed by atoms with van der Waals surface area (Å²) in [5.41, 5.74) is 0.930. The van der Waals surface area contributed by atoms with Crippen LogP contribution in [-0.2, 0) is 13.3 Å². The van der Waals surface area contributed by atoms with Gasteiger partial charge >= 0.3 is 8.56 Å². The molecule has 5 heteroatoms. The summed E-state index contributed by atoms with van der Waals surface area (Å²) in [6.45, 7) is 12.7. The summed E-state index contributed by atoms with van der Waals surface area (Å²) in [6.07, 6.45) is 0. The Morgan fingerprint density at radius 3 is 1.75 bits per heavy atom. The minimum atomic E-state index is -2.17. The molecule has 1 atom stereocenters. The molecule has 1 aromatic carbocycles. The molecule has 0 aliphatic heterocycles. The van der Waals surface area contributed by atoms with E-state index in [-0.39, 0.29) is 0 Å². The fourth-order valence-corrected chi connectivity index (χ4v) is 12.7. The normalized spacial score (nSPS) is 15.1. The quantitative estimate of drug-likeness (QED) is 0.655. The third-order valence-corrected chi connectivity index (χ3v) is 13.0. The Hall–Kier alpha value is -0.466. The lowest BCUT2D eigenvalue weighted by Gasteiger charge is -2.35. The summed E-state index contributed by atoms with van der Waals surface area (Å²) in [4.78, 5) is 0. The Morgan fingerprint density at radius 2 is 1.30 bits per heavy atom. The molecule has 1 aromatic rings. The molecule has 0 radical (unpaired) electrons. The molecule has 0 saturated carbocycles. The van der Waals surface area contributed by atoms with E-state index in [2.05, 4.69) is 44.3 Å². The zero-order valence-corrected chi connectivity index (χ0v) is 15.4. The van der Waals surface area contributed by atoms with Gasteiger partial charge in [0.15, 0.2) is 0 Å². The minimum absolute atomic E-state index is 0.702. The highest BCUT2D eigenvalue weighted by Crippen LogP contribution is 2.23. The highest BCUT2D eigenvalue weighted by Gasteiger charge is 2.44. The minimum Gasteiger partial charge on any atom is -0.413 e. The number of hydrogen-bond donors (Lipinski definition) is 0. The van der Waals surface area contributed by atoms with Crippen molar-refractivity contribution in [2.45, 2.75) is 39.5 Å². The molecule has 3 nitrogen and oxygen atoms in total. The third kappa shape index (κ3) is 4.82. The van der Waals surface area contributed by atoms with Gasteiger partial charge in [-0.3, -0.25) is 0 Å². The molecule has 0 amide bonds. The molecule has 1 unspecified atom stereocenters. The van der Waals surface area contributed by atoms with E-state index in [9.17, 15) is 0 Å². The molecule has 0 heterocycles. The van der Waals surface area contributed by atoms with Gasteiger partial charge in [-0.25, -0.2) is 0 Å². The maximum Gasteiger partial charge on any atom is 0.334 e. The Balaban J connectivity index is 3.00. The predicted molar refractivity (Wildman–Crippen MR) is 89.0 cm³/mol. The van der Waals surface area contributed by atoms with Crippen LogP contribution in [0.25, 0.3) is 0 Å². The Labute approximate surface area is 125 Å². The molecule has 0 fully saturated rings. The van der Waals surface area contributed by atoms with Crippen molar-refractivity contribution >= 4 is 22.1 Å². The highest BCUT2D eigenvalue weighted by atomic mass is 28.4. The number of rotatable bonds is 9. The van der Waals surface area contributed by atoms with E-state index in [4.69, 9.17) is 13.3 Å². The first-order valence-electron chi connectivity index (χ1n) is 7.47. The first-order valence-corrected chi connectivity index (χ1v) is 12.6. The summed E-state index contributed by atoms with van der Waals surface area (Å²) in [6, 6.07) is 10.6. The maximum atomic E-state index is 6.22. The monoisotopic (exact) mass is 312 g/mol. The van der Waals surface area contributed by atoms with Crippen molar-refractivity contribution < 1.29 is 13.3 Å². The second kappa shape index (κ2) is 8.09. The fraction of sp³-hybridized carbons (Fsp3) is 0.600. The molecule has 20 heavy (non-hydrogen) atoms. The van der Waals surface area contributed by atoms with E-state index in [0.29, 0.717) is 13.2 Å². The lowest BCUT2D eigenvalue weighted by Crippen LogP contribution is -2.56. The number of benzene rings is 1. The standard InChI is InChI=1S/C15H28O3Si2/c1-6-16-19(4,15-12-10-9-11-13-15)14-20(5,17-7-2)18-8-3/h9-13H,6-8,14H2,1-5H3. The SMILES string of the molecule is CCO[Si](C)(C[Si](C)(OCC)c1ccccc1)OCC. The van der Waals surface area contributed by atoms with Gasteiger partial charge in [-0.1, -0.05) is 30.3 Å². The van der Waals surface area contributed by atoms with Crippen molar-refractivity contribution in [2.24, 2.45) is 0 Å². The topological polar surface area (TPSA) is 27.7 Å². The second-order valence-electron chi connectivity index (χ2n) is 5.21. The van der Waals surface area contributed by atoms with E-state index >= 15 is 0 Å². The van der Waals surface area contributed by atoms with Crippen molar-refractivity contribution in [1.82, 2.24) is 0 Å². The molecule has 0 N–H and O–H groups in total. The van der Waals surface area contributed by atoms with Gasteiger partial charge in [0, 0.05) is 25.5 Å². The van der Waals surface area contributed by atoms with Crippen LogP contribution in [0.5, 0.6) is 0 Å². The first kappa shape index (κ1) is 17.6. The molecular weight excluding hydrogens is 284 g/mol. The summed E-state index contributed by atoms with van der Waals surface area (Å²) < 4.78 is 18.2. The van der Waals surface area contributed by atoms with Crippen molar-refractivity contribution in [3.05, 3.63) is 30.3 Å². The van der Waals surface area contributed by atoms with Crippen molar-refractivity contribution in [1.29, 1.82) is 0 Å². The molecule has 0 saturated heterocycles. The van der Waals surface area contributed by atoms with E-state index in [0.717, 1.165) is 12.3 Å². The summed E-state index contributed by atoms with van der Waals surface area (Å²) in [5, 5.41) is 1.32. The second-order valence-corrected chi connectivity index (χ2v) is 12.8. The molecule has 0 aromatic heterocycles. The predicted octanol–water partition coefficient (Wildman–Crippen LogP) is 3.19. The van der Waals surface area contributed by atoms with Gasteiger partial charge < -0.3 is 13.3 Å². The average molecular weight is 313 g/mol. The molecule has 1 rings (SSSR count).